The summed E-state index contributed by atoms with van der Waals surface area (Å²) in [7, 11) is 0. The Morgan fingerprint density at radius 1 is 1.05 bits per heavy atom. The molecule has 112 valence electrons. The standard InChI is InChI=1S/C21H28/c1-3-7-19-14-16-21(17-15-19)9-6-5-8-20-12-10-18(4-2)11-13-20/h6,9-13,19,21H,3-4,7,14-17H2,1-2H3/b9-6+/t19-,21-. The second kappa shape index (κ2) is 8.73. The zero-order valence-corrected chi connectivity index (χ0v) is 13.6. The number of hydrogen-bond acceptors (Lipinski definition) is 0. The van der Waals surface area contributed by atoms with Crippen molar-refractivity contribution in [1.29, 1.82) is 0 Å². The van der Waals surface area contributed by atoms with E-state index in [4.69, 9.17) is 0 Å². The van der Waals surface area contributed by atoms with Crippen LogP contribution in [0.4, 0.5) is 0 Å². The maximum absolute atomic E-state index is 3.23. The van der Waals surface area contributed by atoms with Gasteiger partial charge in [0.25, 0.3) is 0 Å². The number of allylic oxidation sites excluding steroid dienone is 2. The first-order valence-corrected chi connectivity index (χ1v) is 8.59. The summed E-state index contributed by atoms with van der Waals surface area (Å²) in [6, 6.07) is 8.58. The smallest absolute Gasteiger partial charge is 0.0249 e. The minimum atomic E-state index is 0.759. The molecule has 21 heavy (non-hydrogen) atoms. The second-order valence-corrected chi connectivity index (χ2v) is 6.25. The van der Waals surface area contributed by atoms with Crippen LogP contribution < -0.4 is 0 Å². The number of hydrogen-bond donors (Lipinski definition) is 0. The Labute approximate surface area is 130 Å². The van der Waals surface area contributed by atoms with Crippen molar-refractivity contribution in [3.63, 3.8) is 0 Å². The monoisotopic (exact) mass is 280 g/mol. The van der Waals surface area contributed by atoms with Gasteiger partial charge in [0.15, 0.2) is 0 Å². The van der Waals surface area contributed by atoms with Crippen LogP contribution in [-0.4, -0.2) is 0 Å². The molecule has 0 heterocycles. The van der Waals surface area contributed by atoms with E-state index in [1.54, 1.807) is 0 Å². The Bertz CT molecular complexity index is 487. The molecular weight excluding hydrogens is 252 g/mol. The van der Waals surface area contributed by atoms with Gasteiger partial charge in [-0.2, -0.15) is 0 Å². The van der Waals surface area contributed by atoms with E-state index in [0.717, 1.165) is 23.8 Å². The lowest BCUT2D eigenvalue weighted by molar-refractivity contribution is 0.294. The first kappa shape index (κ1) is 15.9. The van der Waals surface area contributed by atoms with Gasteiger partial charge in [-0.05, 0) is 67.7 Å². The first-order valence-electron chi connectivity index (χ1n) is 8.59. The Balaban J connectivity index is 1.79. The normalized spacial score (nSPS) is 22.0. The molecule has 0 unspecified atom stereocenters. The molecule has 1 aromatic carbocycles. The van der Waals surface area contributed by atoms with E-state index in [1.165, 1.54) is 44.1 Å². The van der Waals surface area contributed by atoms with Gasteiger partial charge in [-0.15, -0.1) is 0 Å². The molecule has 0 N–H and O–H groups in total. The van der Waals surface area contributed by atoms with Crippen LogP contribution in [0.2, 0.25) is 0 Å². The molecule has 1 aliphatic rings. The van der Waals surface area contributed by atoms with E-state index in [2.05, 4.69) is 62.1 Å². The van der Waals surface area contributed by atoms with Crippen LogP contribution in [0, 0.1) is 23.7 Å². The van der Waals surface area contributed by atoms with Crippen molar-refractivity contribution in [3.8, 4) is 11.8 Å². The van der Waals surface area contributed by atoms with Crippen LogP contribution in [0.25, 0.3) is 0 Å². The van der Waals surface area contributed by atoms with Crippen LogP contribution in [0.15, 0.2) is 36.4 Å². The van der Waals surface area contributed by atoms with Gasteiger partial charge >= 0.3 is 0 Å². The Morgan fingerprint density at radius 3 is 2.38 bits per heavy atom. The van der Waals surface area contributed by atoms with Crippen LogP contribution >= 0.6 is 0 Å². The van der Waals surface area contributed by atoms with E-state index in [0.29, 0.717) is 0 Å². The predicted molar refractivity (Wildman–Crippen MR) is 92.2 cm³/mol. The maximum Gasteiger partial charge on any atom is 0.0249 e. The van der Waals surface area contributed by atoms with Gasteiger partial charge in [0.2, 0.25) is 0 Å². The predicted octanol–water partition coefficient (Wildman–Crippen LogP) is 5.76. The van der Waals surface area contributed by atoms with E-state index in [9.17, 15) is 0 Å². The third-order valence-electron chi connectivity index (χ3n) is 4.62. The zero-order valence-electron chi connectivity index (χ0n) is 13.6. The molecule has 1 aliphatic carbocycles. The van der Waals surface area contributed by atoms with Crippen molar-refractivity contribution in [3.05, 3.63) is 47.5 Å². The quantitative estimate of drug-likeness (QED) is 0.615. The van der Waals surface area contributed by atoms with Crippen LogP contribution in [0.3, 0.4) is 0 Å². The van der Waals surface area contributed by atoms with E-state index in [-0.39, 0.29) is 0 Å². The highest BCUT2D eigenvalue weighted by Crippen LogP contribution is 2.31. The summed E-state index contributed by atoms with van der Waals surface area (Å²) < 4.78 is 0. The lowest BCUT2D eigenvalue weighted by atomic mass is 9.80. The van der Waals surface area contributed by atoms with Gasteiger partial charge in [0.1, 0.15) is 0 Å². The van der Waals surface area contributed by atoms with E-state index >= 15 is 0 Å². The minimum absolute atomic E-state index is 0.759. The van der Waals surface area contributed by atoms with Gasteiger partial charge < -0.3 is 0 Å². The van der Waals surface area contributed by atoms with Crippen molar-refractivity contribution in [2.24, 2.45) is 11.8 Å². The van der Waals surface area contributed by atoms with Gasteiger partial charge in [-0.3, -0.25) is 0 Å². The topological polar surface area (TPSA) is 0 Å². The van der Waals surface area contributed by atoms with Gasteiger partial charge in [-0.25, -0.2) is 0 Å². The lowest BCUT2D eigenvalue weighted by Gasteiger charge is -2.26. The second-order valence-electron chi connectivity index (χ2n) is 6.25. The third kappa shape index (κ3) is 5.43. The number of benzene rings is 1. The molecule has 0 aliphatic heterocycles. The van der Waals surface area contributed by atoms with Crippen molar-refractivity contribution in [2.45, 2.75) is 58.8 Å². The molecule has 1 fully saturated rings. The fourth-order valence-corrected chi connectivity index (χ4v) is 3.21. The summed E-state index contributed by atoms with van der Waals surface area (Å²) in [5.74, 6) is 8.17. The molecule has 2 rings (SSSR count). The average Bonchev–Trinajstić information content (AvgIpc) is 2.54. The van der Waals surface area contributed by atoms with Crippen molar-refractivity contribution >= 4 is 0 Å². The molecule has 0 atom stereocenters. The fourth-order valence-electron chi connectivity index (χ4n) is 3.21. The average molecular weight is 280 g/mol. The molecule has 0 nitrogen and oxygen atoms in total. The van der Waals surface area contributed by atoms with Crippen LogP contribution in [0.5, 0.6) is 0 Å². The summed E-state index contributed by atoms with van der Waals surface area (Å²) in [6.45, 7) is 4.48. The molecule has 0 amide bonds. The van der Waals surface area contributed by atoms with E-state index < -0.39 is 0 Å². The summed E-state index contributed by atoms with van der Waals surface area (Å²) in [6.07, 6.45) is 13.8. The van der Waals surface area contributed by atoms with Crippen molar-refractivity contribution < 1.29 is 0 Å². The highest BCUT2D eigenvalue weighted by Gasteiger charge is 2.18. The van der Waals surface area contributed by atoms with Crippen molar-refractivity contribution in [1.82, 2.24) is 0 Å². The van der Waals surface area contributed by atoms with Gasteiger partial charge in [0.05, 0.1) is 0 Å². The van der Waals surface area contributed by atoms with Crippen LogP contribution in [-0.2, 0) is 6.42 Å². The molecule has 0 radical (unpaired) electrons. The summed E-state index contributed by atoms with van der Waals surface area (Å²) in [5.41, 5.74) is 2.49. The van der Waals surface area contributed by atoms with Crippen LogP contribution in [0.1, 0.15) is 63.5 Å². The molecule has 0 heteroatoms. The molecule has 0 aromatic heterocycles. The number of aryl methyl sites for hydroxylation is 1. The Morgan fingerprint density at radius 2 is 1.76 bits per heavy atom. The largest absolute Gasteiger partial charge is 0.0730 e. The lowest BCUT2D eigenvalue weighted by Crippen LogP contribution is -2.12. The summed E-state index contributed by atoms with van der Waals surface area (Å²) >= 11 is 0. The first-order chi connectivity index (χ1) is 10.3. The Hall–Kier alpha value is -1.48. The minimum Gasteiger partial charge on any atom is -0.0730 e. The van der Waals surface area contributed by atoms with Gasteiger partial charge in [0, 0.05) is 5.56 Å². The SMILES string of the molecule is CCC[C@H]1CC[C@H](/C=C/C#Cc2ccc(CC)cc2)CC1. The molecule has 1 saturated carbocycles. The summed E-state index contributed by atoms with van der Waals surface area (Å²) in [5, 5.41) is 0. The molecular formula is C21H28. The Kier molecular flexibility index (Phi) is 6.61. The zero-order chi connectivity index (χ0) is 14.9. The molecule has 0 spiro atoms. The highest BCUT2D eigenvalue weighted by molar-refractivity contribution is 5.38. The fraction of sp³-hybridized carbons (Fsp3) is 0.524. The van der Waals surface area contributed by atoms with Crippen molar-refractivity contribution in [2.75, 3.05) is 0 Å². The molecule has 1 aromatic rings. The number of rotatable bonds is 4. The highest BCUT2D eigenvalue weighted by atomic mass is 14.2. The molecule has 0 bridgehead atoms. The van der Waals surface area contributed by atoms with E-state index in [1.807, 2.05) is 0 Å². The molecule has 0 saturated heterocycles. The maximum atomic E-state index is 3.23. The third-order valence-corrected chi connectivity index (χ3v) is 4.62. The van der Waals surface area contributed by atoms with Gasteiger partial charge in [-0.1, -0.05) is 56.7 Å². The summed E-state index contributed by atoms with van der Waals surface area (Å²) in [4.78, 5) is 0.